The van der Waals surface area contributed by atoms with Gasteiger partial charge in [0.1, 0.15) is 5.75 Å². The molecular weight excluding hydrogens is 368 g/mol. The Morgan fingerprint density at radius 2 is 2.00 bits per heavy atom. The minimum atomic E-state index is -0.358. The van der Waals surface area contributed by atoms with Crippen molar-refractivity contribution in [2.75, 3.05) is 20.6 Å². The van der Waals surface area contributed by atoms with E-state index >= 15 is 0 Å². The molecule has 1 aromatic heterocycles. The number of fused-ring (bicyclic) bond motifs is 1. The number of halogens is 1. The predicted molar refractivity (Wildman–Crippen MR) is 99.7 cm³/mol. The Hall–Kier alpha value is -2.11. The number of aromatic amines is 1. The Morgan fingerprint density at radius 3 is 2.75 bits per heavy atom. The third-order valence-electron chi connectivity index (χ3n) is 3.84. The van der Waals surface area contributed by atoms with Gasteiger partial charge in [0.05, 0.1) is 5.56 Å². The highest BCUT2D eigenvalue weighted by atomic mass is 79.9. The number of aromatic nitrogens is 1. The summed E-state index contributed by atoms with van der Waals surface area (Å²) in [6.45, 7) is 0.931. The zero-order valence-electron chi connectivity index (χ0n) is 13.7. The van der Waals surface area contributed by atoms with Crippen molar-refractivity contribution in [3.63, 3.8) is 0 Å². The molecule has 3 rings (SSSR count). The fourth-order valence-electron chi connectivity index (χ4n) is 2.62. The lowest BCUT2D eigenvalue weighted by Crippen LogP contribution is -2.15. The molecular formula is C19H19BrN2O2. The molecule has 4 nitrogen and oxygen atoms in total. The summed E-state index contributed by atoms with van der Waals surface area (Å²) in [5, 5.41) is 0.975. The number of H-pyrrole nitrogens is 1. The molecule has 0 bridgehead atoms. The minimum absolute atomic E-state index is 0.358. The lowest BCUT2D eigenvalue weighted by Gasteiger charge is -2.10. The van der Waals surface area contributed by atoms with Crippen LogP contribution in [0.25, 0.3) is 10.9 Å². The molecule has 124 valence electrons. The lowest BCUT2D eigenvalue weighted by atomic mass is 10.1. The number of ether oxygens (including phenoxy) is 1. The molecule has 24 heavy (non-hydrogen) atoms. The van der Waals surface area contributed by atoms with Gasteiger partial charge in [-0.25, -0.2) is 4.79 Å². The van der Waals surface area contributed by atoms with Crippen LogP contribution >= 0.6 is 15.9 Å². The zero-order chi connectivity index (χ0) is 17.1. The van der Waals surface area contributed by atoms with E-state index in [-0.39, 0.29) is 5.97 Å². The van der Waals surface area contributed by atoms with E-state index in [4.69, 9.17) is 4.74 Å². The van der Waals surface area contributed by atoms with Gasteiger partial charge < -0.3 is 14.6 Å². The van der Waals surface area contributed by atoms with Crippen LogP contribution in [0, 0.1) is 0 Å². The maximum Gasteiger partial charge on any atom is 0.343 e. The Morgan fingerprint density at radius 1 is 1.21 bits per heavy atom. The molecule has 0 aliphatic rings. The van der Waals surface area contributed by atoms with E-state index in [9.17, 15) is 4.79 Å². The van der Waals surface area contributed by atoms with Crippen LogP contribution in [-0.4, -0.2) is 36.5 Å². The number of carbonyl (C=O) groups is 1. The maximum atomic E-state index is 12.4. The number of esters is 1. The van der Waals surface area contributed by atoms with Crippen molar-refractivity contribution in [1.29, 1.82) is 0 Å². The molecule has 0 spiro atoms. The van der Waals surface area contributed by atoms with Gasteiger partial charge in [-0.05, 0) is 56.4 Å². The van der Waals surface area contributed by atoms with Crippen LogP contribution in [0.4, 0.5) is 0 Å². The summed E-state index contributed by atoms with van der Waals surface area (Å²) in [4.78, 5) is 17.8. The first kappa shape index (κ1) is 16.7. The number of benzene rings is 2. The third kappa shape index (κ3) is 3.68. The second kappa shape index (κ2) is 7.20. The number of carbonyl (C=O) groups excluding carboxylic acids is 1. The molecule has 3 aromatic rings. The maximum absolute atomic E-state index is 12.4. The first-order valence-corrected chi connectivity index (χ1v) is 8.55. The van der Waals surface area contributed by atoms with Crippen molar-refractivity contribution in [3.05, 3.63) is 64.3 Å². The van der Waals surface area contributed by atoms with Gasteiger partial charge in [0, 0.05) is 28.1 Å². The van der Waals surface area contributed by atoms with Crippen LogP contribution in [0.1, 0.15) is 15.9 Å². The molecule has 0 atom stereocenters. The second-order valence-corrected chi connectivity index (χ2v) is 6.86. The highest BCUT2D eigenvalue weighted by molar-refractivity contribution is 9.10. The number of likely N-dealkylation sites (N-methyl/N-ethyl adjacent to an activating group) is 1. The number of rotatable bonds is 5. The van der Waals surface area contributed by atoms with Crippen molar-refractivity contribution in [2.24, 2.45) is 0 Å². The summed E-state index contributed by atoms with van der Waals surface area (Å²) in [6, 6.07) is 12.9. The second-order valence-electron chi connectivity index (χ2n) is 5.95. The van der Waals surface area contributed by atoms with E-state index in [1.165, 1.54) is 0 Å². The first-order chi connectivity index (χ1) is 11.5. The van der Waals surface area contributed by atoms with Crippen LogP contribution in [0.15, 0.2) is 53.1 Å². The monoisotopic (exact) mass is 386 g/mol. The Bertz CT molecular complexity index is 871. The number of nitrogens with one attached hydrogen (secondary N) is 1. The average molecular weight is 387 g/mol. The van der Waals surface area contributed by atoms with Gasteiger partial charge in [-0.2, -0.15) is 0 Å². The van der Waals surface area contributed by atoms with Crippen LogP contribution in [0.2, 0.25) is 0 Å². The van der Waals surface area contributed by atoms with Gasteiger partial charge in [0.2, 0.25) is 0 Å². The Labute approximate surface area is 149 Å². The average Bonchev–Trinajstić information content (AvgIpc) is 2.97. The van der Waals surface area contributed by atoms with Gasteiger partial charge in [-0.15, -0.1) is 0 Å². The molecule has 0 aliphatic heterocycles. The van der Waals surface area contributed by atoms with Crippen molar-refractivity contribution in [3.8, 4) is 5.75 Å². The molecule has 0 radical (unpaired) electrons. The van der Waals surface area contributed by atoms with E-state index in [0.29, 0.717) is 11.3 Å². The standard InChI is InChI=1S/C19H19BrN2O2/c1-22(2)10-9-14-12-21-16-7-4-8-17(18(14)16)24-19(23)13-5-3-6-15(20)11-13/h3-8,11-12,21H,9-10H2,1-2H3. The molecule has 1 heterocycles. The van der Waals surface area contributed by atoms with Crippen LogP contribution < -0.4 is 4.74 Å². The summed E-state index contributed by atoms with van der Waals surface area (Å²) in [5.41, 5.74) is 2.64. The highest BCUT2D eigenvalue weighted by Gasteiger charge is 2.14. The summed E-state index contributed by atoms with van der Waals surface area (Å²) in [7, 11) is 4.09. The third-order valence-corrected chi connectivity index (χ3v) is 4.33. The SMILES string of the molecule is CN(C)CCc1c[nH]c2cccc(OC(=O)c3cccc(Br)c3)c12. The van der Waals surface area contributed by atoms with E-state index in [1.807, 2.05) is 50.6 Å². The Balaban J connectivity index is 1.91. The van der Waals surface area contributed by atoms with Gasteiger partial charge in [-0.1, -0.05) is 28.1 Å². The van der Waals surface area contributed by atoms with Crippen LogP contribution in [0.5, 0.6) is 5.75 Å². The number of hydrogen-bond donors (Lipinski definition) is 1. The van der Waals surface area contributed by atoms with Crippen molar-refractivity contribution in [2.45, 2.75) is 6.42 Å². The molecule has 0 fully saturated rings. The predicted octanol–water partition coefficient (Wildman–Crippen LogP) is 4.25. The molecule has 1 N–H and O–H groups in total. The number of hydrogen-bond acceptors (Lipinski definition) is 3. The van der Waals surface area contributed by atoms with Crippen LogP contribution in [-0.2, 0) is 6.42 Å². The lowest BCUT2D eigenvalue weighted by molar-refractivity contribution is 0.0737. The van der Waals surface area contributed by atoms with Gasteiger partial charge >= 0.3 is 5.97 Å². The summed E-state index contributed by atoms with van der Waals surface area (Å²) >= 11 is 3.38. The van der Waals surface area contributed by atoms with Gasteiger partial charge in [-0.3, -0.25) is 0 Å². The summed E-state index contributed by atoms with van der Waals surface area (Å²) in [5.74, 6) is 0.232. The molecule has 0 amide bonds. The minimum Gasteiger partial charge on any atom is -0.422 e. The van der Waals surface area contributed by atoms with Crippen LogP contribution in [0.3, 0.4) is 0 Å². The molecule has 0 saturated heterocycles. The van der Waals surface area contributed by atoms with Gasteiger partial charge in [0.25, 0.3) is 0 Å². The fraction of sp³-hybridized carbons (Fsp3) is 0.211. The van der Waals surface area contributed by atoms with Gasteiger partial charge in [0.15, 0.2) is 0 Å². The highest BCUT2D eigenvalue weighted by Crippen LogP contribution is 2.30. The van der Waals surface area contributed by atoms with Crippen molar-refractivity contribution in [1.82, 2.24) is 9.88 Å². The summed E-state index contributed by atoms with van der Waals surface area (Å²) < 4.78 is 6.53. The molecule has 5 heteroatoms. The Kier molecular flexibility index (Phi) is 5.02. The van der Waals surface area contributed by atoms with Crippen molar-refractivity contribution < 1.29 is 9.53 Å². The molecule has 2 aromatic carbocycles. The zero-order valence-corrected chi connectivity index (χ0v) is 15.3. The largest absolute Gasteiger partial charge is 0.422 e. The quantitative estimate of drug-likeness (QED) is 0.526. The summed E-state index contributed by atoms with van der Waals surface area (Å²) in [6.07, 6.45) is 2.88. The topological polar surface area (TPSA) is 45.3 Å². The van der Waals surface area contributed by atoms with E-state index in [1.54, 1.807) is 12.1 Å². The molecule has 0 aliphatic carbocycles. The van der Waals surface area contributed by atoms with Crippen molar-refractivity contribution >= 4 is 32.8 Å². The number of nitrogens with zero attached hydrogens (tertiary/aromatic N) is 1. The fourth-order valence-corrected chi connectivity index (χ4v) is 3.02. The molecule has 0 saturated carbocycles. The molecule has 0 unspecified atom stereocenters. The van der Waals surface area contributed by atoms with E-state index in [0.717, 1.165) is 33.9 Å². The van der Waals surface area contributed by atoms with E-state index in [2.05, 4.69) is 25.8 Å². The smallest absolute Gasteiger partial charge is 0.343 e. The first-order valence-electron chi connectivity index (χ1n) is 7.76. The van der Waals surface area contributed by atoms with E-state index < -0.39 is 0 Å². The normalized spacial score (nSPS) is 11.2.